The maximum absolute atomic E-state index is 12.0. The maximum Gasteiger partial charge on any atom is 0.222 e. The molecule has 0 radical (unpaired) electrons. The van der Waals surface area contributed by atoms with Crippen LogP contribution in [0.3, 0.4) is 0 Å². The lowest BCUT2D eigenvalue weighted by atomic mass is 10.0. The summed E-state index contributed by atoms with van der Waals surface area (Å²) in [7, 11) is 0. The van der Waals surface area contributed by atoms with Crippen molar-refractivity contribution in [1.29, 1.82) is 0 Å². The fraction of sp³-hybridized carbons (Fsp3) is 0.955. The molecule has 0 aromatic rings. The van der Waals surface area contributed by atoms with Crippen molar-refractivity contribution < 1.29 is 9.90 Å². The molecule has 0 fully saturated rings. The molecular formula is C22H46N2O2. The van der Waals surface area contributed by atoms with E-state index in [2.05, 4.69) is 13.8 Å². The first-order valence-electron chi connectivity index (χ1n) is 11.2. The zero-order valence-electron chi connectivity index (χ0n) is 17.7. The summed E-state index contributed by atoms with van der Waals surface area (Å²) in [5.41, 5.74) is 5.51. The van der Waals surface area contributed by atoms with Crippen molar-refractivity contribution in [3.05, 3.63) is 0 Å². The second-order valence-electron chi connectivity index (χ2n) is 8.07. The van der Waals surface area contributed by atoms with Crippen molar-refractivity contribution in [2.24, 2.45) is 11.7 Å². The molecule has 0 saturated heterocycles. The van der Waals surface area contributed by atoms with Gasteiger partial charge in [0.1, 0.15) is 0 Å². The van der Waals surface area contributed by atoms with Gasteiger partial charge >= 0.3 is 0 Å². The Kier molecular flexibility index (Phi) is 18.7. The van der Waals surface area contributed by atoms with Gasteiger partial charge in [-0.05, 0) is 12.3 Å². The van der Waals surface area contributed by atoms with Crippen molar-refractivity contribution in [2.75, 3.05) is 26.2 Å². The third-order valence-electron chi connectivity index (χ3n) is 5.04. The van der Waals surface area contributed by atoms with E-state index >= 15 is 0 Å². The Balaban J connectivity index is 3.32. The molecule has 0 aliphatic carbocycles. The Bertz CT molecular complexity index is 303. The topological polar surface area (TPSA) is 66.6 Å². The predicted octanol–water partition coefficient (Wildman–Crippen LogP) is 4.88. The standard InChI is InChI=1S/C22H46N2O2/c1-21(2)15-13-11-9-7-5-3-4-6-8-10-12-14-16-22(26)24(18-17-23)19-20-25/h21,25H,3-20,23H2,1-2H3. The van der Waals surface area contributed by atoms with Gasteiger partial charge in [0, 0.05) is 26.1 Å². The SMILES string of the molecule is CC(C)CCCCCCCCCCCCCCC(=O)N(CCN)CCO. The van der Waals surface area contributed by atoms with Crippen LogP contribution in [0.4, 0.5) is 0 Å². The van der Waals surface area contributed by atoms with Crippen LogP contribution in [0.25, 0.3) is 0 Å². The lowest BCUT2D eigenvalue weighted by molar-refractivity contribution is -0.131. The molecule has 0 aliphatic rings. The van der Waals surface area contributed by atoms with Crippen LogP contribution in [0, 0.1) is 5.92 Å². The number of hydrogen-bond donors (Lipinski definition) is 2. The first-order chi connectivity index (χ1) is 12.6. The minimum absolute atomic E-state index is 0.0175. The molecule has 0 aliphatic heterocycles. The third kappa shape index (κ3) is 16.8. The molecule has 0 aromatic carbocycles. The number of rotatable bonds is 19. The molecule has 4 nitrogen and oxygen atoms in total. The van der Waals surface area contributed by atoms with Crippen molar-refractivity contribution in [2.45, 2.75) is 104 Å². The van der Waals surface area contributed by atoms with E-state index in [0.717, 1.165) is 18.8 Å². The lowest BCUT2D eigenvalue weighted by Crippen LogP contribution is -2.37. The Morgan fingerprint density at radius 3 is 1.69 bits per heavy atom. The van der Waals surface area contributed by atoms with Gasteiger partial charge in [-0.25, -0.2) is 0 Å². The quantitative estimate of drug-likeness (QED) is 0.318. The molecule has 3 N–H and O–H groups in total. The van der Waals surface area contributed by atoms with E-state index in [-0.39, 0.29) is 12.5 Å². The van der Waals surface area contributed by atoms with Crippen molar-refractivity contribution >= 4 is 5.91 Å². The summed E-state index contributed by atoms with van der Waals surface area (Å²) < 4.78 is 0. The molecule has 1 amide bonds. The highest BCUT2D eigenvalue weighted by molar-refractivity contribution is 5.76. The number of aliphatic hydroxyl groups excluding tert-OH is 1. The van der Waals surface area contributed by atoms with Crippen LogP contribution >= 0.6 is 0 Å². The van der Waals surface area contributed by atoms with E-state index in [0.29, 0.717) is 26.1 Å². The predicted molar refractivity (Wildman–Crippen MR) is 112 cm³/mol. The molecule has 26 heavy (non-hydrogen) atoms. The molecular weight excluding hydrogens is 324 g/mol. The van der Waals surface area contributed by atoms with Gasteiger partial charge in [-0.15, -0.1) is 0 Å². The Labute approximate surface area is 162 Å². The highest BCUT2D eigenvalue weighted by Gasteiger charge is 2.11. The van der Waals surface area contributed by atoms with Gasteiger partial charge in [0.25, 0.3) is 0 Å². The normalized spacial score (nSPS) is 11.3. The molecule has 0 saturated carbocycles. The lowest BCUT2D eigenvalue weighted by Gasteiger charge is -2.20. The van der Waals surface area contributed by atoms with Gasteiger partial charge in [0.15, 0.2) is 0 Å². The van der Waals surface area contributed by atoms with E-state index in [1.165, 1.54) is 70.6 Å². The van der Waals surface area contributed by atoms with Crippen LogP contribution in [-0.4, -0.2) is 42.2 Å². The van der Waals surface area contributed by atoms with Crippen LogP contribution in [-0.2, 0) is 4.79 Å². The average molecular weight is 371 g/mol. The van der Waals surface area contributed by atoms with Crippen LogP contribution in [0.2, 0.25) is 0 Å². The average Bonchev–Trinajstić information content (AvgIpc) is 2.61. The van der Waals surface area contributed by atoms with E-state index in [1.54, 1.807) is 4.90 Å². The van der Waals surface area contributed by atoms with Crippen LogP contribution in [0.5, 0.6) is 0 Å². The summed E-state index contributed by atoms with van der Waals surface area (Å²) in [6.07, 6.45) is 17.7. The molecule has 0 unspecified atom stereocenters. The van der Waals surface area contributed by atoms with E-state index in [9.17, 15) is 4.79 Å². The van der Waals surface area contributed by atoms with Gasteiger partial charge in [0.05, 0.1) is 6.61 Å². The van der Waals surface area contributed by atoms with E-state index < -0.39 is 0 Å². The smallest absolute Gasteiger partial charge is 0.222 e. The molecule has 0 spiro atoms. The van der Waals surface area contributed by atoms with Gasteiger partial charge in [0.2, 0.25) is 5.91 Å². The summed E-state index contributed by atoms with van der Waals surface area (Å²) in [5, 5.41) is 8.98. The van der Waals surface area contributed by atoms with Gasteiger partial charge < -0.3 is 15.7 Å². The Morgan fingerprint density at radius 1 is 0.808 bits per heavy atom. The number of hydrogen-bond acceptors (Lipinski definition) is 3. The van der Waals surface area contributed by atoms with Crippen LogP contribution < -0.4 is 5.73 Å². The largest absolute Gasteiger partial charge is 0.395 e. The van der Waals surface area contributed by atoms with Gasteiger partial charge in [-0.2, -0.15) is 0 Å². The fourth-order valence-corrected chi connectivity index (χ4v) is 3.39. The molecule has 156 valence electrons. The first kappa shape index (κ1) is 25.4. The van der Waals surface area contributed by atoms with Crippen LogP contribution in [0.15, 0.2) is 0 Å². The summed E-state index contributed by atoms with van der Waals surface area (Å²) in [4.78, 5) is 13.7. The fourth-order valence-electron chi connectivity index (χ4n) is 3.39. The van der Waals surface area contributed by atoms with Crippen molar-refractivity contribution in [1.82, 2.24) is 4.90 Å². The monoisotopic (exact) mass is 370 g/mol. The minimum Gasteiger partial charge on any atom is -0.395 e. The summed E-state index contributed by atoms with van der Waals surface area (Å²) in [6, 6.07) is 0. The molecule has 4 heteroatoms. The molecule has 0 aromatic heterocycles. The Hall–Kier alpha value is -0.610. The van der Waals surface area contributed by atoms with E-state index in [4.69, 9.17) is 10.8 Å². The number of carbonyl (C=O) groups excluding carboxylic acids is 1. The van der Waals surface area contributed by atoms with Gasteiger partial charge in [-0.1, -0.05) is 90.9 Å². The minimum atomic E-state index is 0.0175. The van der Waals surface area contributed by atoms with E-state index in [1.807, 2.05) is 0 Å². The number of nitrogens with zero attached hydrogens (tertiary/aromatic N) is 1. The zero-order valence-corrected chi connectivity index (χ0v) is 17.7. The molecule has 0 heterocycles. The second kappa shape index (κ2) is 19.2. The number of aliphatic hydroxyl groups is 1. The number of unbranched alkanes of at least 4 members (excludes halogenated alkanes) is 11. The number of carbonyl (C=O) groups is 1. The summed E-state index contributed by atoms with van der Waals surface area (Å²) in [6.45, 7) is 6.07. The highest BCUT2D eigenvalue weighted by atomic mass is 16.3. The zero-order chi connectivity index (χ0) is 19.5. The molecule has 0 rings (SSSR count). The number of nitrogens with two attached hydrogens (primary N) is 1. The highest BCUT2D eigenvalue weighted by Crippen LogP contribution is 2.14. The van der Waals surface area contributed by atoms with Gasteiger partial charge in [-0.3, -0.25) is 4.79 Å². The summed E-state index contributed by atoms with van der Waals surface area (Å²) >= 11 is 0. The first-order valence-corrected chi connectivity index (χ1v) is 11.2. The van der Waals surface area contributed by atoms with Crippen molar-refractivity contribution in [3.63, 3.8) is 0 Å². The molecule has 0 atom stereocenters. The number of amides is 1. The van der Waals surface area contributed by atoms with Crippen LogP contribution in [0.1, 0.15) is 104 Å². The Morgan fingerprint density at radius 2 is 1.27 bits per heavy atom. The second-order valence-corrected chi connectivity index (χ2v) is 8.07. The molecule has 0 bridgehead atoms. The maximum atomic E-state index is 12.0. The van der Waals surface area contributed by atoms with Crippen molar-refractivity contribution in [3.8, 4) is 0 Å². The third-order valence-corrected chi connectivity index (χ3v) is 5.04. The summed E-state index contributed by atoms with van der Waals surface area (Å²) in [5.74, 6) is 0.997.